The van der Waals surface area contributed by atoms with Gasteiger partial charge in [-0.1, -0.05) is 24.6 Å². The molecular weight excluding hydrogens is 483 g/mol. The molecule has 1 amide bonds. The fourth-order valence-corrected chi connectivity index (χ4v) is 4.18. The summed E-state index contributed by atoms with van der Waals surface area (Å²) in [6, 6.07) is 5.61. The number of aliphatic imine (C=N–C) groups is 1. The Kier molecular flexibility index (Phi) is 10.7. The maximum absolute atomic E-state index is 12.1. The van der Waals surface area contributed by atoms with Gasteiger partial charge in [-0.3, -0.25) is 9.79 Å². The molecule has 26 heavy (non-hydrogen) atoms. The number of aryl methyl sites for hydroxylation is 1. The number of carbonyl (C=O) groups excluding carboxylic acids is 1. The van der Waals surface area contributed by atoms with Crippen molar-refractivity contribution in [3.8, 4) is 0 Å². The highest BCUT2D eigenvalue weighted by molar-refractivity contribution is 14.0. The van der Waals surface area contributed by atoms with E-state index in [0.717, 1.165) is 36.8 Å². The molecule has 1 saturated heterocycles. The highest BCUT2D eigenvalue weighted by Gasteiger charge is 2.21. The molecule has 8 heteroatoms. The van der Waals surface area contributed by atoms with Gasteiger partial charge in [-0.15, -0.1) is 24.0 Å². The van der Waals surface area contributed by atoms with Gasteiger partial charge in [0.1, 0.15) is 0 Å². The van der Waals surface area contributed by atoms with Crippen LogP contribution >= 0.6 is 47.3 Å². The fourth-order valence-electron chi connectivity index (χ4n) is 2.71. The van der Waals surface area contributed by atoms with Gasteiger partial charge in [0.15, 0.2) is 5.96 Å². The largest absolute Gasteiger partial charge is 0.356 e. The number of hydrogen-bond acceptors (Lipinski definition) is 3. The number of guanidine groups is 1. The molecule has 1 aromatic rings. The molecule has 1 aliphatic heterocycles. The first-order valence-electron chi connectivity index (χ1n) is 8.66. The van der Waals surface area contributed by atoms with Crippen LogP contribution in [-0.4, -0.2) is 54.5 Å². The zero-order chi connectivity index (χ0) is 18.2. The van der Waals surface area contributed by atoms with Gasteiger partial charge in [0.05, 0.1) is 10.7 Å². The van der Waals surface area contributed by atoms with Gasteiger partial charge in [0.2, 0.25) is 5.91 Å². The van der Waals surface area contributed by atoms with E-state index in [-0.39, 0.29) is 29.9 Å². The number of amides is 1. The van der Waals surface area contributed by atoms with Crippen molar-refractivity contribution in [2.45, 2.75) is 31.9 Å². The lowest BCUT2D eigenvalue weighted by Crippen LogP contribution is -2.48. The molecule has 146 valence electrons. The summed E-state index contributed by atoms with van der Waals surface area (Å²) in [7, 11) is 1.79. The molecule has 5 nitrogen and oxygen atoms in total. The van der Waals surface area contributed by atoms with Crippen LogP contribution in [0.4, 0.5) is 5.69 Å². The lowest BCUT2D eigenvalue weighted by Gasteiger charge is -2.34. The van der Waals surface area contributed by atoms with E-state index in [1.165, 1.54) is 0 Å². The first-order valence-corrected chi connectivity index (χ1v) is 10.1. The number of nitrogens with one attached hydrogen (secondary N) is 2. The maximum atomic E-state index is 12.1. The first-order chi connectivity index (χ1) is 12.0. The van der Waals surface area contributed by atoms with Crippen molar-refractivity contribution in [1.29, 1.82) is 0 Å². The van der Waals surface area contributed by atoms with Gasteiger partial charge in [-0.25, -0.2) is 0 Å². The van der Waals surface area contributed by atoms with Crippen molar-refractivity contribution < 1.29 is 4.79 Å². The number of anilines is 1. The van der Waals surface area contributed by atoms with E-state index in [2.05, 4.69) is 27.4 Å². The quantitative estimate of drug-likeness (QED) is 0.357. The molecule has 1 aromatic carbocycles. The number of thioether (sulfide) groups is 1. The van der Waals surface area contributed by atoms with Crippen LogP contribution in [0.3, 0.4) is 0 Å². The van der Waals surface area contributed by atoms with E-state index in [1.807, 2.05) is 36.9 Å². The van der Waals surface area contributed by atoms with Gasteiger partial charge in [-0.05, 0) is 31.0 Å². The minimum Gasteiger partial charge on any atom is -0.356 e. The van der Waals surface area contributed by atoms with E-state index < -0.39 is 0 Å². The average molecular weight is 511 g/mol. The van der Waals surface area contributed by atoms with Gasteiger partial charge < -0.3 is 15.5 Å². The third-order valence-electron chi connectivity index (χ3n) is 4.14. The van der Waals surface area contributed by atoms with Crippen LogP contribution < -0.4 is 10.6 Å². The maximum Gasteiger partial charge on any atom is 0.226 e. The SMILES string of the molecule is CCC1CN(C(=NC)NCCC(=O)Nc2ccc(C)cc2Cl)CCS1.I. The van der Waals surface area contributed by atoms with Crippen LogP contribution in [0.15, 0.2) is 23.2 Å². The summed E-state index contributed by atoms with van der Waals surface area (Å²) in [5.41, 5.74) is 1.72. The molecule has 0 radical (unpaired) electrons. The number of rotatable bonds is 5. The molecule has 0 spiro atoms. The van der Waals surface area contributed by atoms with Gasteiger partial charge >= 0.3 is 0 Å². The fraction of sp³-hybridized carbons (Fsp3) is 0.556. The van der Waals surface area contributed by atoms with Crippen LogP contribution in [0.2, 0.25) is 5.02 Å². The third-order valence-corrected chi connectivity index (χ3v) is 5.82. The number of benzene rings is 1. The molecule has 1 unspecified atom stereocenters. The van der Waals surface area contributed by atoms with Crippen molar-refractivity contribution >= 4 is 64.9 Å². The Morgan fingerprint density at radius 1 is 1.46 bits per heavy atom. The highest BCUT2D eigenvalue weighted by Crippen LogP contribution is 2.23. The normalized spacial score (nSPS) is 17.5. The van der Waals surface area contributed by atoms with E-state index in [9.17, 15) is 4.79 Å². The standard InChI is InChI=1S/C18H27ClN4OS.HI/c1-4-14-12-23(9-10-25-14)18(20-3)21-8-7-17(24)22-16-6-5-13(2)11-15(16)19;/h5-6,11,14H,4,7-10,12H2,1-3H3,(H,20,21)(H,22,24);1H. The Morgan fingerprint density at radius 3 is 2.88 bits per heavy atom. The summed E-state index contributed by atoms with van der Waals surface area (Å²) in [6.07, 6.45) is 1.53. The lowest BCUT2D eigenvalue weighted by atomic mass is 10.2. The van der Waals surface area contributed by atoms with E-state index in [0.29, 0.717) is 28.9 Å². The second-order valence-electron chi connectivity index (χ2n) is 6.10. The highest BCUT2D eigenvalue weighted by atomic mass is 127. The topological polar surface area (TPSA) is 56.7 Å². The monoisotopic (exact) mass is 510 g/mol. The zero-order valence-corrected chi connectivity index (χ0v) is 19.5. The Balaban J connectivity index is 0.00000338. The molecule has 2 rings (SSSR count). The average Bonchev–Trinajstić information content (AvgIpc) is 2.61. The van der Waals surface area contributed by atoms with E-state index >= 15 is 0 Å². The van der Waals surface area contributed by atoms with Crippen molar-refractivity contribution in [3.63, 3.8) is 0 Å². The Hall–Kier alpha value is -0.670. The van der Waals surface area contributed by atoms with Crippen LogP contribution in [0, 0.1) is 6.92 Å². The van der Waals surface area contributed by atoms with Crippen molar-refractivity contribution in [3.05, 3.63) is 28.8 Å². The molecule has 1 fully saturated rings. The molecule has 1 heterocycles. The molecule has 0 aromatic heterocycles. The second kappa shape index (κ2) is 11.9. The molecule has 2 N–H and O–H groups in total. The third kappa shape index (κ3) is 7.15. The Morgan fingerprint density at radius 2 is 2.23 bits per heavy atom. The van der Waals surface area contributed by atoms with Crippen molar-refractivity contribution in [2.75, 3.05) is 37.8 Å². The Labute approximate surface area is 182 Å². The van der Waals surface area contributed by atoms with Gasteiger partial charge in [-0.2, -0.15) is 11.8 Å². The summed E-state index contributed by atoms with van der Waals surface area (Å²) in [6.45, 7) is 6.73. The minimum absolute atomic E-state index is 0. The van der Waals surface area contributed by atoms with Gasteiger partial charge in [0.25, 0.3) is 0 Å². The minimum atomic E-state index is -0.0608. The van der Waals surface area contributed by atoms with Crippen molar-refractivity contribution in [2.24, 2.45) is 4.99 Å². The summed E-state index contributed by atoms with van der Waals surface area (Å²) < 4.78 is 0. The van der Waals surface area contributed by atoms with Crippen LogP contribution in [-0.2, 0) is 4.79 Å². The Bertz CT molecular complexity index is 629. The molecule has 0 saturated carbocycles. The molecule has 1 aliphatic rings. The summed E-state index contributed by atoms with van der Waals surface area (Å²) in [5.74, 6) is 1.93. The molecule has 0 bridgehead atoms. The second-order valence-corrected chi connectivity index (χ2v) is 7.92. The summed E-state index contributed by atoms with van der Waals surface area (Å²) in [5, 5.41) is 7.37. The number of nitrogens with zero attached hydrogens (tertiary/aromatic N) is 2. The van der Waals surface area contributed by atoms with Crippen LogP contribution in [0.1, 0.15) is 25.3 Å². The molecule has 1 atom stereocenters. The van der Waals surface area contributed by atoms with Gasteiger partial charge in [0, 0.05) is 44.1 Å². The van der Waals surface area contributed by atoms with Crippen molar-refractivity contribution in [1.82, 2.24) is 10.2 Å². The number of hydrogen-bond donors (Lipinski definition) is 2. The number of carbonyl (C=O) groups is 1. The van der Waals surface area contributed by atoms with Crippen LogP contribution in [0.5, 0.6) is 0 Å². The smallest absolute Gasteiger partial charge is 0.226 e. The van der Waals surface area contributed by atoms with Crippen LogP contribution in [0.25, 0.3) is 0 Å². The summed E-state index contributed by atoms with van der Waals surface area (Å²) >= 11 is 8.18. The lowest BCUT2D eigenvalue weighted by molar-refractivity contribution is -0.116. The number of halogens is 2. The van der Waals surface area contributed by atoms with E-state index in [1.54, 1.807) is 7.05 Å². The first kappa shape index (κ1) is 23.4. The van der Waals surface area contributed by atoms with E-state index in [4.69, 9.17) is 11.6 Å². The molecular formula is C18H28ClIN4OS. The summed E-state index contributed by atoms with van der Waals surface area (Å²) in [4.78, 5) is 18.8. The predicted molar refractivity (Wildman–Crippen MR) is 124 cm³/mol. The zero-order valence-electron chi connectivity index (χ0n) is 15.5. The predicted octanol–water partition coefficient (Wildman–Crippen LogP) is 4.00. The molecule has 0 aliphatic carbocycles.